The average Bonchev–Trinajstić information content (AvgIpc) is 3.15. The van der Waals surface area contributed by atoms with E-state index in [2.05, 4.69) is 0 Å². The molecule has 0 aliphatic heterocycles. The van der Waals surface area contributed by atoms with Crippen molar-refractivity contribution in [1.29, 1.82) is 0 Å². The Balaban J connectivity index is 1.13. The minimum Gasteiger partial charge on any atom is -0.491 e. The number of ether oxygens (including phenoxy) is 13. The Morgan fingerprint density at radius 2 is 0.569 bits per heavy atom. The number of nitrogen functional groups attached to an aromatic ring is 1. The molecule has 0 radical (unpaired) electrons. The van der Waals surface area contributed by atoms with Gasteiger partial charge in [-0.1, -0.05) is 30.3 Å². The maximum atomic E-state index is 5.64. The molecule has 14 heteroatoms. The van der Waals surface area contributed by atoms with Crippen molar-refractivity contribution in [3.05, 3.63) is 60.2 Å². The maximum Gasteiger partial charge on any atom is 0.119 e. The molecule has 2 rings (SSSR count). The SMILES string of the molecule is Nc1ccc(OCCOCCOCCOCCOCCOCCOCCOCCOCCOCCOCCOCCOCc2ccccc2)cc1. The predicted octanol–water partition coefficient (Wildman–Crippen LogP) is 3.05. The summed E-state index contributed by atoms with van der Waals surface area (Å²) in [6.45, 7) is 12.9. The van der Waals surface area contributed by atoms with Gasteiger partial charge in [-0.15, -0.1) is 0 Å². The molecular weight excluding hydrogens is 666 g/mol. The monoisotopic (exact) mass is 727 g/mol. The molecule has 0 heterocycles. The number of anilines is 1. The first-order chi connectivity index (χ1) is 25.3. The molecule has 0 fully saturated rings. The van der Waals surface area contributed by atoms with Gasteiger partial charge in [-0.05, 0) is 29.8 Å². The van der Waals surface area contributed by atoms with E-state index in [0.29, 0.717) is 171 Å². The normalized spacial score (nSPS) is 11.4. The zero-order chi connectivity index (χ0) is 36.0. The Morgan fingerprint density at radius 1 is 0.294 bits per heavy atom. The van der Waals surface area contributed by atoms with Crippen LogP contribution in [0.2, 0.25) is 0 Å². The summed E-state index contributed by atoms with van der Waals surface area (Å²) in [4.78, 5) is 0. The molecule has 14 nitrogen and oxygen atoms in total. The largest absolute Gasteiger partial charge is 0.491 e. The highest BCUT2D eigenvalue weighted by atomic mass is 16.6. The molecule has 0 spiro atoms. The summed E-state index contributed by atoms with van der Waals surface area (Å²) < 4.78 is 71.5. The van der Waals surface area contributed by atoms with Gasteiger partial charge in [-0.25, -0.2) is 0 Å². The fourth-order valence-electron chi connectivity index (χ4n) is 3.97. The molecule has 0 bridgehead atoms. The molecule has 0 aliphatic rings. The van der Waals surface area contributed by atoms with E-state index >= 15 is 0 Å². The van der Waals surface area contributed by atoms with Crippen LogP contribution in [0.15, 0.2) is 54.6 Å². The van der Waals surface area contributed by atoms with E-state index in [1.807, 2.05) is 42.5 Å². The lowest BCUT2D eigenvalue weighted by Gasteiger charge is -2.09. The van der Waals surface area contributed by atoms with Gasteiger partial charge in [0.05, 0.1) is 159 Å². The van der Waals surface area contributed by atoms with Gasteiger partial charge >= 0.3 is 0 Å². The first kappa shape index (κ1) is 44.7. The summed E-state index contributed by atoms with van der Waals surface area (Å²) in [7, 11) is 0. The summed E-state index contributed by atoms with van der Waals surface area (Å²) in [5, 5.41) is 0. The second-order valence-corrected chi connectivity index (χ2v) is 10.7. The average molecular weight is 728 g/mol. The number of hydrogen-bond donors (Lipinski definition) is 1. The first-order valence-electron chi connectivity index (χ1n) is 17.8. The van der Waals surface area contributed by atoms with E-state index in [9.17, 15) is 0 Å². The molecule has 0 atom stereocenters. The fourth-order valence-corrected chi connectivity index (χ4v) is 3.97. The number of hydrogen-bond acceptors (Lipinski definition) is 14. The third-order valence-electron chi connectivity index (χ3n) is 6.58. The van der Waals surface area contributed by atoms with Crippen LogP contribution in [-0.4, -0.2) is 159 Å². The van der Waals surface area contributed by atoms with Gasteiger partial charge in [0.1, 0.15) is 12.4 Å². The Morgan fingerprint density at radius 3 is 0.882 bits per heavy atom. The Hall–Kier alpha value is -2.44. The molecule has 292 valence electrons. The molecular formula is C37H61NO13. The summed E-state index contributed by atoms with van der Waals surface area (Å²) in [6, 6.07) is 17.3. The standard InChI is InChI=1S/C37H61NO13/c38-36-6-8-37(9-7-36)51-33-32-49-29-28-47-25-24-45-21-20-43-17-16-41-13-12-39-10-11-40-14-15-42-18-19-44-22-23-46-26-27-48-30-31-50-34-35-4-2-1-3-5-35/h1-9H,10-34,38H2. The van der Waals surface area contributed by atoms with Crippen molar-refractivity contribution in [3.8, 4) is 5.75 Å². The van der Waals surface area contributed by atoms with Crippen molar-refractivity contribution in [1.82, 2.24) is 0 Å². The molecule has 0 amide bonds. The second kappa shape index (κ2) is 35.9. The lowest BCUT2D eigenvalue weighted by molar-refractivity contribution is -0.0287. The third-order valence-corrected chi connectivity index (χ3v) is 6.58. The van der Waals surface area contributed by atoms with Gasteiger partial charge in [0.25, 0.3) is 0 Å². The molecule has 2 aromatic rings. The Bertz CT molecular complexity index is 975. The first-order valence-corrected chi connectivity index (χ1v) is 17.8. The number of nitrogens with two attached hydrogens (primary N) is 1. The van der Waals surface area contributed by atoms with Gasteiger partial charge in [0, 0.05) is 5.69 Å². The second-order valence-electron chi connectivity index (χ2n) is 10.7. The van der Waals surface area contributed by atoms with Crippen molar-refractivity contribution >= 4 is 5.69 Å². The molecule has 0 saturated carbocycles. The maximum absolute atomic E-state index is 5.64. The molecule has 2 N–H and O–H groups in total. The predicted molar refractivity (Wildman–Crippen MR) is 191 cm³/mol. The van der Waals surface area contributed by atoms with E-state index in [1.165, 1.54) is 0 Å². The minimum atomic E-state index is 0.474. The van der Waals surface area contributed by atoms with Crippen LogP contribution in [0.4, 0.5) is 5.69 Å². The quantitative estimate of drug-likeness (QED) is 0.0795. The molecule has 0 unspecified atom stereocenters. The summed E-state index contributed by atoms with van der Waals surface area (Å²) in [5.74, 6) is 0.771. The van der Waals surface area contributed by atoms with E-state index < -0.39 is 0 Å². The van der Waals surface area contributed by atoms with Gasteiger partial charge in [0.2, 0.25) is 0 Å². The van der Waals surface area contributed by atoms with Crippen LogP contribution in [-0.2, 0) is 63.4 Å². The van der Waals surface area contributed by atoms with Crippen LogP contribution in [0, 0.1) is 0 Å². The lowest BCUT2D eigenvalue weighted by Crippen LogP contribution is -2.15. The van der Waals surface area contributed by atoms with Crippen LogP contribution in [0.25, 0.3) is 0 Å². The third kappa shape index (κ3) is 30.9. The molecule has 0 aliphatic carbocycles. The van der Waals surface area contributed by atoms with Crippen LogP contribution in [0.5, 0.6) is 5.75 Å². The van der Waals surface area contributed by atoms with E-state index in [0.717, 1.165) is 11.3 Å². The van der Waals surface area contributed by atoms with Crippen LogP contribution < -0.4 is 10.5 Å². The number of benzene rings is 2. The van der Waals surface area contributed by atoms with Gasteiger partial charge in [0.15, 0.2) is 0 Å². The lowest BCUT2D eigenvalue weighted by atomic mass is 10.2. The van der Waals surface area contributed by atoms with E-state index in [1.54, 1.807) is 12.1 Å². The van der Waals surface area contributed by atoms with Crippen molar-refractivity contribution in [3.63, 3.8) is 0 Å². The topological polar surface area (TPSA) is 146 Å². The highest BCUT2D eigenvalue weighted by Gasteiger charge is 1.98. The molecule has 2 aromatic carbocycles. The van der Waals surface area contributed by atoms with Crippen LogP contribution >= 0.6 is 0 Å². The molecule has 51 heavy (non-hydrogen) atoms. The summed E-state index contributed by atoms with van der Waals surface area (Å²) in [6.07, 6.45) is 0. The van der Waals surface area contributed by atoms with Crippen molar-refractivity contribution in [2.45, 2.75) is 6.61 Å². The van der Waals surface area contributed by atoms with Gasteiger partial charge < -0.3 is 67.3 Å². The fraction of sp³-hybridized carbons (Fsp3) is 0.676. The van der Waals surface area contributed by atoms with E-state index in [4.69, 9.17) is 67.3 Å². The van der Waals surface area contributed by atoms with Gasteiger partial charge in [-0.2, -0.15) is 0 Å². The van der Waals surface area contributed by atoms with Crippen LogP contribution in [0.3, 0.4) is 0 Å². The highest BCUT2D eigenvalue weighted by Crippen LogP contribution is 2.12. The van der Waals surface area contributed by atoms with E-state index in [-0.39, 0.29) is 0 Å². The minimum absolute atomic E-state index is 0.474. The van der Waals surface area contributed by atoms with Crippen LogP contribution in [0.1, 0.15) is 5.56 Å². The zero-order valence-corrected chi connectivity index (χ0v) is 30.3. The molecule has 0 saturated heterocycles. The van der Waals surface area contributed by atoms with Crippen molar-refractivity contribution < 1.29 is 61.6 Å². The smallest absolute Gasteiger partial charge is 0.119 e. The summed E-state index contributed by atoms with van der Waals surface area (Å²) >= 11 is 0. The van der Waals surface area contributed by atoms with Crippen molar-refractivity contribution in [2.24, 2.45) is 0 Å². The van der Waals surface area contributed by atoms with Gasteiger partial charge in [-0.3, -0.25) is 0 Å². The number of rotatable bonds is 39. The van der Waals surface area contributed by atoms with Crippen molar-refractivity contribution in [2.75, 3.05) is 164 Å². The summed E-state index contributed by atoms with van der Waals surface area (Å²) in [5.41, 5.74) is 7.51. The Kier molecular flexibility index (Phi) is 31.5. The Labute approximate surface area is 303 Å². The highest BCUT2D eigenvalue weighted by molar-refractivity contribution is 5.41. The zero-order valence-electron chi connectivity index (χ0n) is 30.3. The molecule has 0 aromatic heterocycles.